The summed E-state index contributed by atoms with van der Waals surface area (Å²) in [6.07, 6.45) is 2.25. The smallest absolute Gasteiger partial charge is 0.269 e. The fourth-order valence-corrected chi connectivity index (χ4v) is 2.45. The Morgan fingerprint density at radius 3 is 2.95 bits per heavy atom. The summed E-state index contributed by atoms with van der Waals surface area (Å²) in [5.74, 6) is 0.300. The Balaban J connectivity index is 1.96. The van der Waals surface area contributed by atoms with E-state index < -0.39 is 4.92 Å². The van der Waals surface area contributed by atoms with E-state index in [0.29, 0.717) is 23.6 Å². The molecule has 0 radical (unpaired) electrons. The Hall–Kier alpha value is -1.95. The normalized spacial score (nSPS) is 18.6. The Labute approximate surface area is 117 Å². The molecule has 0 aliphatic carbocycles. The number of rotatable bonds is 4. The molecule has 1 atom stereocenters. The van der Waals surface area contributed by atoms with Crippen LogP contribution in [0.1, 0.15) is 28.8 Å². The van der Waals surface area contributed by atoms with Gasteiger partial charge in [-0.3, -0.25) is 14.9 Å². The van der Waals surface area contributed by atoms with Gasteiger partial charge in [0.05, 0.1) is 4.92 Å². The van der Waals surface area contributed by atoms with E-state index in [1.807, 2.05) is 0 Å². The number of nitrogens with zero attached hydrogens (tertiary/aromatic N) is 1. The highest BCUT2D eigenvalue weighted by molar-refractivity contribution is 5.95. The zero-order valence-corrected chi connectivity index (χ0v) is 11.5. The van der Waals surface area contributed by atoms with Gasteiger partial charge in [-0.25, -0.2) is 0 Å². The zero-order chi connectivity index (χ0) is 14.5. The molecule has 2 rings (SSSR count). The summed E-state index contributed by atoms with van der Waals surface area (Å²) in [6, 6.07) is 4.31. The van der Waals surface area contributed by atoms with Gasteiger partial charge < -0.3 is 10.6 Å². The van der Waals surface area contributed by atoms with Crippen LogP contribution in [0.5, 0.6) is 0 Å². The highest BCUT2D eigenvalue weighted by Crippen LogP contribution is 2.17. The lowest BCUT2D eigenvalue weighted by atomic mass is 9.99. The van der Waals surface area contributed by atoms with Gasteiger partial charge in [-0.1, -0.05) is 0 Å². The van der Waals surface area contributed by atoms with Crippen LogP contribution in [0.15, 0.2) is 18.2 Å². The molecule has 2 N–H and O–H groups in total. The third-order valence-corrected chi connectivity index (χ3v) is 3.62. The Morgan fingerprint density at radius 2 is 2.35 bits per heavy atom. The van der Waals surface area contributed by atoms with Crippen LogP contribution in [0.2, 0.25) is 0 Å². The van der Waals surface area contributed by atoms with Crippen LogP contribution in [-0.2, 0) is 0 Å². The molecule has 1 fully saturated rings. The van der Waals surface area contributed by atoms with Crippen molar-refractivity contribution in [1.82, 2.24) is 10.6 Å². The maximum absolute atomic E-state index is 12.1. The van der Waals surface area contributed by atoms with Crippen molar-refractivity contribution in [2.75, 3.05) is 19.6 Å². The molecule has 1 aliphatic heterocycles. The average Bonchev–Trinajstić information content (AvgIpc) is 2.45. The number of carbonyl (C=O) groups is 1. The van der Waals surface area contributed by atoms with Gasteiger partial charge in [-0.15, -0.1) is 0 Å². The molecule has 108 valence electrons. The van der Waals surface area contributed by atoms with Crippen molar-refractivity contribution in [2.45, 2.75) is 19.8 Å². The number of hydrogen-bond acceptors (Lipinski definition) is 4. The number of nitro benzene ring substituents is 1. The summed E-state index contributed by atoms with van der Waals surface area (Å²) in [5, 5.41) is 16.9. The Kier molecular flexibility index (Phi) is 4.68. The number of nitrogens with one attached hydrogen (secondary N) is 2. The maximum atomic E-state index is 12.1. The first-order chi connectivity index (χ1) is 9.58. The van der Waals surface area contributed by atoms with Crippen molar-refractivity contribution in [1.29, 1.82) is 0 Å². The van der Waals surface area contributed by atoms with Crippen molar-refractivity contribution in [3.8, 4) is 0 Å². The number of benzene rings is 1. The van der Waals surface area contributed by atoms with Crippen molar-refractivity contribution < 1.29 is 9.72 Å². The Morgan fingerprint density at radius 1 is 1.55 bits per heavy atom. The molecule has 1 heterocycles. The number of piperidine rings is 1. The van der Waals surface area contributed by atoms with Gasteiger partial charge in [0.1, 0.15) is 0 Å². The first-order valence-electron chi connectivity index (χ1n) is 6.82. The highest BCUT2D eigenvalue weighted by Gasteiger charge is 2.16. The lowest BCUT2D eigenvalue weighted by Gasteiger charge is -2.23. The van der Waals surface area contributed by atoms with Crippen molar-refractivity contribution in [3.63, 3.8) is 0 Å². The third-order valence-electron chi connectivity index (χ3n) is 3.62. The summed E-state index contributed by atoms with van der Waals surface area (Å²) >= 11 is 0. The highest BCUT2D eigenvalue weighted by atomic mass is 16.6. The SMILES string of the molecule is Cc1cc([N+](=O)[O-])ccc1C(=O)NCC1CCCNC1. The molecule has 6 nitrogen and oxygen atoms in total. The minimum Gasteiger partial charge on any atom is -0.352 e. The number of carbonyl (C=O) groups excluding carboxylic acids is 1. The summed E-state index contributed by atoms with van der Waals surface area (Å²) in [4.78, 5) is 22.3. The fraction of sp³-hybridized carbons (Fsp3) is 0.500. The fourth-order valence-electron chi connectivity index (χ4n) is 2.45. The van der Waals surface area contributed by atoms with Crippen LogP contribution >= 0.6 is 0 Å². The molecule has 1 saturated heterocycles. The first-order valence-corrected chi connectivity index (χ1v) is 6.82. The van der Waals surface area contributed by atoms with E-state index in [1.165, 1.54) is 18.2 Å². The van der Waals surface area contributed by atoms with Crippen LogP contribution in [0, 0.1) is 23.0 Å². The minimum atomic E-state index is -0.456. The first kappa shape index (κ1) is 14.5. The second kappa shape index (κ2) is 6.47. The molecular formula is C14H19N3O3. The summed E-state index contributed by atoms with van der Waals surface area (Å²) in [6.45, 7) is 4.33. The molecule has 0 bridgehead atoms. The van der Waals surface area contributed by atoms with Crippen LogP contribution in [0.4, 0.5) is 5.69 Å². The molecule has 0 saturated carbocycles. The summed E-state index contributed by atoms with van der Waals surface area (Å²) < 4.78 is 0. The molecule has 1 aromatic carbocycles. The number of amides is 1. The largest absolute Gasteiger partial charge is 0.352 e. The van der Waals surface area contributed by atoms with E-state index in [-0.39, 0.29) is 11.6 Å². The monoisotopic (exact) mass is 277 g/mol. The molecule has 1 aliphatic rings. The number of nitro groups is 1. The van der Waals surface area contributed by atoms with Gasteiger partial charge in [0, 0.05) is 24.2 Å². The second-order valence-corrected chi connectivity index (χ2v) is 5.18. The van der Waals surface area contributed by atoms with Gasteiger partial charge in [-0.2, -0.15) is 0 Å². The van der Waals surface area contributed by atoms with Crippen molar-refractivity contribution >= 4 is 11.6 Å². The van der Waals surface area contributed by atoms with E-state index in [2.05, 4.69) is 10.6 Å². The summed E-state index contributed by atoms with van der Waals surface area (Å²) in [5.41, 5.74) is 1.13. The maximum Gasteiger partial charge on any atom is 0.269 e. The molecule has 1 unspecified atom stereocenters. The lowest BCUT2D eigenvalue weighted by molar-refractivity contribution is -0.384. The van der Waals surface area contributed by atoms with E-state index in [4.69, 9.17) is 0 Å². The quantitative estimate of drug-likeness (QED) is 0.647. The van der Waals surface area contributed by atoms with E-state index in [1.54, 1.807) is 6.92 Å². The topological polar surface area (TPSA) is 84.3 Å². The molecule has 0 spiro atoms. The van der Waals surface area contributed by atoms with Gasteiger partial charge in [0.2, 0.25) is 0 Å². The molecule has 1 amide bonds. The summed E-state index contributed by atoms with van der Waals surface area (Å²) in [7, 11) is 0. The van der Waals surface area contributed by atoms with Crippen LogP contribution in [-0.4, -0.2) is 30.5 Å². The predicted molar refractivity (Wildman–Crippen MR) is 75.8 cm³/mol. The van der Waals surface area contributed by atoms with Crippen molar-refractivity contribution in [3.05, 3.63) is 39.4 Å². The van der Waals surface area contributed by atoms with Gasteiger partial charge in [-0.05, 0) is 50.4 Å². The third kappa shape index (κ3) is 3.54. The van der Waals surface area contributed by atoms with Gasteiger partial charge in [0.15, 0.2) is 0 Å². The number of non-ortho nitro benzene ring substituents is 1. The predicted octanol–water partition coefficient (Wildman–Crippen LogP) is 1.63. The van der Waals surface area contributed by atoms with E-state index >= 15 is 0 Å². The minimum absolute atomic E-state index is 0.00975. The second-order valence-electron chi connectivity index (χ2n) is 5.18. The Bertz CT molecular complexity index is 510. The van der Waals surface area contributed by atoms with E-state index in [0.717, 1.165) is 25.9 Å². The van der Waals surface area contributed by atoms with Crippen LogP contribution < -0.4 is 10.6 Å². The number of aryl methyl sites for hydroxylation is 1. The van der Waals surface area contributed by atoms with Gasteiger partial charge in [0.25, 0.3) is 11.6 Å². The molecule has 0 aromatic heterocycles. The van der Waals surface area contributed by atoms with Crippen LogP contribution in [0.25, 0.3) is 0 Å². The average molecular weight is 277 g/mol. The molecule has 20 heavy (non-hydrogen) atoms. The van der Waals surface area contributed by atoms with Gasteiger partial charge >= 0.3 is 0 Å². The van der Waals surface area contributed by atoms with Crippen LogP contribution in [0.3, 0.4) is 0 Å². The lowest BCUT2D eigenvalue weighted by Crippen LogP contribution is -2.38. The molecule has 1 aromatic rings. The molecule has 6 heteroatoms. The standard InChI is InChI=1S/C14H19N3O3/c1-10-7-12(17(19)20)4-5-13(10)14(18)16-9-11-3-2-6-15-8-11/h4-5,7,11,15H,2-3,6,8-9H2,1H3,(H,16,18). The van der Waals surface area contributed by atoms with Crippen molar-refractivity contribution in [2.24, 2.45) is 5.92 Å². The van der Waals surface area contributed by atoms with E-state index in [9.17, 15) is 14.9 Å². The molecular weight excluding hydrogens is 258 g/mol. The number of hydrogen-bond donors (Lipinski definition) is 2. The zero-order valence-electron chi connectivity index (χ0n) is 11.5.